The number of carbonyl (C=O) groups excluding carboxylic acids is 2. The summed E-state index contributed by atoms with van der Waals surface area (Å²) < 4.78 is 51.8. The van der Waals surface area contributed by atoms with Crippen LogP contribution in [-0.4, -0.2) is 46.1 Å². The van der Waals surface area contributed by atoms with Crippen molar-refractivity contribution in [2.24, 2.45) is 5.92 Å². The highest BCUT2D eigenvalue weighted by molar-refractivity contribution is 7.89. The van der Waals surface area contributed by atoms with E-state index in [1.807, 2.05) is 13.8 Å². The Morgan fingerprint density at radius 1 is 1.06 bits per heavy atom. The molecule has 0 unspecified atom stereocenters. The van der Waals surface area contributed by atoms with Crippen LogP contribution in [0.4, 0.5) is 4.39 Å². The smallest absolute Gasteiger partial charge is 0.328 e. The molecule has 35 heavy (non-hydrogen) atoms. The summed E-state index contributed by atoms with van der Waals surface area (Å²) in [5.41, 5.74) is 0.649. The largest absolute Gasteiger partial charge is 0.490 e. The zero-order chi connectivity index (χ0) is 26.0. The van der Waals surface area contributed by atoms with Gasteiger partial charge in [-0.15, -0.1) is 0 Å². The molecule has 0 spiro atoms. The molecular formula is C25H31FN2O6S. The number of ether oxygens (including phenoxy) is 2. The Morgan fingerprint density at radius 2 is 1.69 bits per heavy atom. The topological polar surface area (TPSA) is 111 Å². The van der Waals surface area contributed by atoms with E-state index in [2.05, 4.69) is 16.6 Å². The molecule has 2 aromatic carbocycles. The third-order valence-electron chi connectivity index (χ3n) is 4.98. The summed E-state index contributed by atoms with van der Waals surface area (Å²) in [5, 5.41) is 2.61. The summed E-state index contributed by atoms with van der Waals surface area (Å²) in [6.45, 7) is 7.68. The number of esters is 1. The highest BCUT2D eigenvalue weighted by atomic mass is 32.2. The molecule has 0 aliphatic heterocycles. The fourth-order valence-electron chi connectivity index (χ4n) is 3.27. The molecule has 0 saturated heterocycles. The number of sulfonamides is 1. The van der Waals surface area contributed by atoms with Gasteiger partial charge in [0.1, 0.15) is 30.3 Å². The molecule has 2 N–H and O–H groups in total. The second-order valence-electron chi connectivity index (χ2n) is 8.29. The number of rotatable bonds is 13. The molecule has 0 heterocycles. The molecule has 0 aromatic heterocycles. The number of hydrogen-bond donors (Lipinski definition) is 2. The van der Waals surface area contributed by atoms with E-state index in [0.717, 1.165) is 24.3 Å². The number of nitrogens with one attached hydrogen (secondary N) is 2. The Kier molecular flexibility index (Phi) is 10.4. The van der Waals surface area contributed by atoms with Gasteiger partial charge in [-0.2, -0.15) is 4.72 Å². The first-order valence-electron chi connectivity index (χ1n) is 11.0. The van der Waals surface area contributed by atoms with Crippen molar-refractivity contribution in [2.45, 2.75) is 43.7 Å². The van der Waals surface area contributed by atoms with Crippen molar-refractivity contribution < 1.29 is 31.9 Å². The predicted octanol–water partition coefficient (Wildman–Crippen LogP) is 2.98. The lowest BCUT2D eigenvalue weighted by Crippen LogP contribution is -2.52. The Labute approximate surface area is 205 Å². The normalized spacial score (nSPS) is 13.1. The van der Waals surface area contributed by atoms with Crippen LogP contribution in [0.25, 0.3) is 0 Å². The van der Waals surface area contributed by atoms with Crippen molar-refractivity contribution in [3.63, 3.8) is 0 Å². The number of carbonyl (C=O) groups is 2. The average molecular weight is 507 g/mol. The molecule has 0 aliphatic carbocycles. The Balaban J connectivity index is 2.31. The maximum Gasteiger partial charge on any atom is 0.328 e. The van der Waals surface area contributed by atoms with E-state index >= 15 is 0 Å². The molecule has 8 nitrogen and oxygen atoms in total. The summed E-state index contributed by atoms with van der Waals surface area (Å²) >= 11 is 0. The lowest BCUT2D eigenvalue weighted by atomic mass is 10.0. The first-order chi connectivity index (χ1) is 16.6. The molecular weight excluding hydrogens is 475 g/mol. The number of benzene rings is 2. The van der Waals surface area contributed by atoms with Crippen LogP contribution >= 0.6 is 0 Å². The van der Waals surface area contributed by atoms with Crippen LogP contribution in [0.15, 0.2) is 66.1 Å². The van der Waals surface area contributed by atoms with Gasteiger partial charge in [-0.25, -0.2) is 17.6 Å². The van der Waals surface area contributed by atoms with Crippen LogP contribution < -0.4 is 14.8 Å². The molecule has 0 radical (unpaired) electrons. The van der Waals surface area contributed by atoms with Crippen LogP contribution in [0.1, 0.15) is 25.8 Å². The molecule has 190 valence electrons. The van der Waals surface area contributed by atoms with E-state index in [4.69, 9.17) is 9.47 Å². The third-order valence-corrected chi connectivity index (χ3v) is 6.47. The lowest BCUT2D eigenvalue weighted by molar-refractivity contribution is -0.145. The van der Waals surface area contributed by atoms with Crippen molar-refractivity contribution in [2.75, 3.05) is 13.7 Å². The van der Waals surface area contributed by atoms with E-state index in [-0.39, 0.29) is 17.2 Å². The highest BCUT2D eigenvalue weighted by Gasteiger charge is 2.30. The minimum absolute atomic E-state index is 0.0103. The molecule has 1 amide bonds. The van der Waals surface area contributed by atoms with Gasteiger partial charge < -0.3 is 14.8 Å². The van der Waals surface area contributed by atoms with Crippen LogP contribution in [0, 0.1) is 11.7 Å². The van der Waals surface area contributed by atoms with Gasteiger partial charge in [0, 0.05) is 0 Å². The van der Waals surface area contributed by atoms with Crippen molar-refractivity contribution >= 4 is 21.9 Å². The third kappa shape index (κ3) is 8.80. The Bertz CT molecular complexity index is 1100. The average Bonchev–Trinajstić information content (AvgIpc) is 2.82. The van der Waals surface area contributed by atoms with Gasteiger partial charge in [0.15, 0.2) is 0 Å². The number of amides is 1. The van der Waals surface area contributed by atoms with Crippen molar-refractivity contribution in [3.05, 3.63) is 72.6 Å². The molecule has 2 atom stereocenters. The van der Waals surface area contributed by atoms with Crippen LogP contribution in [0.3, 0.4) is 0 Å². The monoisotopic (exact) mass is 506 g/mol. The zero-order valence-corrected chi connectivity index (χ0v) is 20.8. The van der Waals surface area contributed by atoms with Crippen LogP contribution in [-0.2, 0) is 30.8 Å². The lowest BCUT2D eigenvalue weighted by Gasteiger charge is -2.23. The minimum Gasteiger partial charge on any atom is -0.490 e. The van der Waals surface area contributed by atoms with E-state index in [9.17, 15) is 22.4 Å². The first-order valence-corrected chi connectivity index (χ1v) is 12.5. The quantitative estimate of drug-likeness (QED) is 0.319. The predicted molar refractivity (Wildman–Crippen MR) is 130 cm³/mol. The maximum absolute atomic E-state index is 13.3. The molecule has 0 bridgehead atoms. The minimum atomic E-state index is -4.18. The van der Waals surface area contributed by atoms with Gasteiger partial charge in [-0.1, -0.05) is 38.6 Å². The van der Waals surface area contributed by atoms with Gasteiger partial charge >= 0.3 is 5.97 Å². The van der Waals surface area contributed by atoms with Crippen molar-refractivity contribution in [3.8, 4) is 5.75 Å². The van der Waals surface area contributed by atoms with E-state index in [1.165, 1.54) is 7.11 Å². The first kappa shape index (κ1) is 28.0. The molecule has 2 rings (SSSR count). The fraction of sp³-hybridized carbons (Fsp3) is 0.360. The number of hydrogen-bond acceptors (Lipinski definition) is 6. The van der Waals surface area contributed by atoms with Gasteiger partial charge in [0.25, 0.3) is 0 Å². The van der Waals surface area contributed by atoms with Crippen LogP contribution in [0.5, 0.6) is 5.75 Å². The van der Waals surface area contributed by atoms with Gasteiger partial charge in [0.2, 0.25) is 15.9 Å². The van der Waals surface area contributed by atoms with Gasteiger partial charge in [-0.05, 0) is 60.7 Å². The van der Waals surface area contributed by atoms with Crippen molar-refractivity contribution in [1.29, 1.82) is 0 Å². The van der Waals surface area contributed by atoms with Crippen LogP contribution in [0.2, 0.25) is 0 Å². The second kappa shape index (κ2) is 13.0. The molecule has 0 saturated carbocycles. The molecule has 10 heteroatoms. The van der Waals surface area contributed by atoms with E-state index in [0.29, 0.717) is 24.3 Å². The molecule has 0 aliphatic rings. The highest BCUT2D eigenvalue weighted by Crippen LogP contribution is 2.16. The van der Waals surface area contributed by atoms with Crippen molar-refractivity contribution in [1.82, 2.24) is 10.0 Å². The SMILES string of the molecule is C=CCOc1ccc(C[C@H](NS(=O)(=O)c2ccc(F)cc2)C(=O)N[C@@H](CC(C)C)C(=O)OC)cc1. The summed E-state index contributed by atoms with van der Waals surface area (Å²) in [5.74, 6) is -1.26. The van der Waals surface area contributed by atoms with E-state index in [1.54, 1.807) is 30.3 Å². The standard InChI is InChI=1S/C25H31FN2O6S/c1-5-14-34-20-10-6-18(7-11-20)16-22(24(29)27-23(15-17(2)3)25(30)33-4)28-35(31,32)21-12-8-19(26)9-13-21/h5-13,17,22-23,28H,1,14-16H2,2-4H3,(H,27,29)/t22-,23-/m0/s1. The second-order valence-corrected chi connectivity index (χ2v) is 10.0. The fourth-order valence-corrected chi connectivity index (χ4v) is 4.47. The number of halogens is 1. The molecule has 0 fully saturated rings. The maximum atomic E-state index is 13.3. The summed E-state index contributed by atoms with van der Waals surface area (Å²) in [6, 6.07) is 8.83. The van der Waals surface area contributed by atoms with Gasteiger partial charge in [0.05, 0.1) is 12.0 Å². The Morgan fingerprint density at radius 3 is 2.23 bits per heavy atom. The zero-order valence-electron chi connectivity index (χ0n) is 20.0. The Hall–Kier alpha value is -3.24. The van der Waals surface area contributed by atoms with Gasteiger partial charge in [-0.3, -0.25) is 4.79 Å². The van der Waals surface area contributed by atoms with E-state index < -0.39 is 39.8 Å². The molecule has 2 aromatic rings. The summed E-state index contributed by atoms with van der Waals surface area (Å²) in [7, 11) is -2.96. The number of methoxy groups -OCH3 is 1. The summed E-state index contributed by atoms with van der Waals surface area (Å²) in [4.78, 5) is 25.2. The summed E-state index contributed by atoms with van der Waals surface area (Å²) in [6.07, 6.45) is 1.90.